The van der Waals surface area contributed by atoms with E-state index in [0.717, 1.165) is 0 Å². The molecule has 0 fully saturated rings. The van der Waals surface area contributed by atoms with E-state index >= 15 is 0 Å². The Balaban J connectivity index is 2.25. The first kappa shape index (κ1) is 16.4. The fraction of sp³-hybridized carbons (Fsp3) is 0.143. The molecule has 0 spiro atoms. The summed E-state index contributed by atoms with van der Waals surface area (Å²) in [5, 5.41) is 12.9. The number of aliphatic carboxylic acids is 1. The highest BCUT2D eigenvalue weighted by molar-refractivity contribution is 7.10. The number of benzene rings is 1. The van der Waals surface area contributed by atoms with E-state index in [1.54, 1.807) is 17.5 Å². The maximum atomic E-state index is 13.2. The molecule has 22 heavy (non-hydrogen) atoms. The summed E-state index contributed by atoms with van der Waals surface area (Å²) in [5.41, 5.74) is -0.257. The van der Waals surface area contributed by atoms with E-state index in [9.17, 15) is 18.4 Å². The molecule has 4 nitrogen and oxygen atoms in total. The van der Waals surface area contributed by atoms with Crippen molar-refractivity contribution in [2.24, 2.45) is 0 Å². The average Bonchev–Trinajstić information content (AvgIpc) is 2.95. The first-order chi connectivity index (χ1) is 10.4. The van der Waals surface area contributed by atoms with Gasteiger partial charge in [-0.05, 0) is 23.6 Å². The summed E-state index contributed by atoms with van der Waals surface area (Å²) >= 11 is 7.00. The Hall–Kier alpha value is -1.99. The molecule has 1 amide bonds. The molecule has 0 bridgehead atoms. The molecule has 1 heterocycles. The molecular weight excluding hydrogens is 336 g/mol. The van der Waals surface area contributed by atoms with Gasteiger partial charge in [0.2, 0.25) is 0 Å². The summed E-state index contributed by atoms with van der Waals surface area (Å²) in [5.74, 6) is -4.25. The molecule has 0 saturated carbocycles. The van der Waals surface area contributed by atoms with Crippen LogP contribution >= 0.6 is 22.9 Å². The van der Waals surface area contributed by atoms with Crippen molar-refractivity contribution in [2.45, 2.75) is 12.5 Å². The van der Waals surface area contributed by atoms with E-state index in [0.29, 0.717) is 17.0 Å². The minimum atomic E-state index is -1.21. The van der Waals surface area contributed by atoms with Crippen LogP contribution in [0.2, 0.25) is 5.02 Å². The van der Waals surface area contributed by atoms with Crippen molar-refractivity contribution in [1.29, 1.82) is 0 Å². The van der Waals surface area contributed by atoms with Crippen LogP contribution in [-0.4, -0.2) is 17.0 Å². The normalized spacial score (nSPS) is 12.0. The zero-order chi connectivity index (χ0) is 16.3. The van der Waals surface area contributed by atoms with Crippen LogP contribution in [0.4, 0.5) is 8.78 Å². The van der Waals surface area contributed by atoms with Gasteiger partial charge in [0.15, 0.2) is 11.6 Å². The van der Waals surface area contributed by atoms with Gasteiger partial charge in [-0.2, -0.15) is 0 Å². The Bertz CT molecular complexity index is 706. The van der Waals surface area contributed by atoms with Crippen molar-refractivity contribution in [3.05, 3.63) is 56.7 Å². The summed E-state index contributed by atoms with van der Waals surface area (Å²) in [6.07, 6.45) is -0.340. The quantitative estimate of drug-likeness (QED) is 0.813. The number of carbonyl (C=O) groups excluding carboxylic acids is 1. The number of thiophene rings is 1. The molecule has 0 aliphatic heterocycles. The number of nitrogens with one attached hydrogen (secondary N) is 1. The Morgan fingerprint density at radius 3 is 2.59 bits per heavy atom. The summed E-state index contributed by atoms with van der Waals surface area (Å²) in [4.78, 5) is 23.7. The van der Waals surface area contributed by atoms with Crippen LogP contribution in [0.3, 0.4) is 0 Å². The third kappa shape index (κ3) is 3.80. The van der Waals surface area contributed by atoms with Crippen LogP contribution in [0, 0.1) is 11.6 Å². The van der Waals surface area contributed by atoms with Crippen molar-refractivity contribution < 1.29 is 23.5 Å². The van der Waals surface area contributed by atoms with Crippen LogP contribution in [0.25, 0.3) is 0 Å². The summed E-state index contributed by atoms with van der Waals surface area (Å²) in [7, 11) is 0. The van der Waals surface area contributed by atoms with Gasteiger partial charge in [0.25, 0.3) is 5.91 Å². The van der Waals surface area contributed by atoms with Gasteiger partial charge in [0.05, 0.1) is 23.0 Å². The van der Waals surface area contributed by atoms with Crippen LogP contribution in [0.5, 0.6) is 0 Å². The van der Waals surface area contributed by atoms with Crippen LogP contribution in [0.15, 0.2) is 29.6 Å². The van der Waals surface area contributed by atoms with E-state index in [4.69, 9.17) is 16.7 Å². The topological polar surface area (TPSA) is 66.4 Å². The monoisotopic (exact) mass is 345 g/mol. The highest BCUT2D eigenvalue weighted by atomic mass is 35.5. The number of amides is 1. The highest BCUT2D eigenvalue weighted by Crippen LogP contribution is 2.25. The minimum Gasteiger partial charge on any atom is -0.481 e. The smallest absolute Gasteiger partial charge is 0.305 e. The Morgan fingerprint density at radius 2 is 2.00 bits per heavy atom. The van der Waals surface area contributed by atoms with Gasteiger partial charge < -0.3 is 10.4 Å². The fourth-order valence-corrected chi connectivity index (χ4v) is 2.83. The molecule has 0 radical (unpaired) electrons. The van der Waals surface area contributed by atoms with Crippen molar-refractivity contribution in [1.82, 2.24) is 5.32 Å². The fourth-order valence-electron chi connectivity index (χ4n) is 1.82. The van der Waals surface area contributed by atoms with Crippen molar-refractivity contribution in [3.8, 4) is 0 Å². The lowest BCUT2D eigenvalue weighted by Gasteiger charge is -2.16. The van der Waals surface area contributed by atoms with Crippen molar-refractivity contribution in [3.63, 3.8) is 0 Å². The summed E-state index contributed by atoms with van der Waals surface area (Å²) in [6.45, 7) is 0. The molecular formula is C14H10ClF2NO3S. The van der Waals surface area contributed by atoms with Gasteiger partial charge in [-0.15, -0.1) is 11.3 Å². The van der Waals surface area contributed by atoms with Gasteiger partial charge in [-0.3, -0.25) is 9.59 Å². The lowest BCUT2D eigenvalue weighted by molar-refractivity contribution is -0.137. The van der Waals surface area contributed by atoms with Crippen LogP contribution < -0.4 is 5.32 Å². The Morgan fingerprint density at radius 1 is 1.32 bits per heavy atom. The number of carboxylic acids is 1. The number of rotatable bonds is 5. The van der Waals surface area contributed by atoms with E-state index in [2.05, 4.69) is 5.32 Å². The average molecular weight is 346 g/mol. The first-order valence-electron chi connectivity index (χ1n) is 6.09. The predicted molar refractivity (Wildman–Crippen MR) is 78.1 cm³/mol. The number of hydrogen-bond acceptors (Lipinski definition) is 3. The third-order valence-electron chi connectivity index (χ3n) is 2.83. The molecule has 2 N–H and O–H groups in total. The van der Waals surface area contributed by atoms with Gasteiger partial charge in [-0.25, -0.2) is 8.78 Å². The molecule has 0 aliphatic rings. The minimum absolute atomic E-state index is 0.253. The lowest BCUT2D eigenvalue weighted by atomic mass is 10.1. The Kier molecular flexibility index (Phi) is 5.10. The van der Waals surface area contributed by atoms with Crippen LogP contribution in [-0.2, 0) is 4.79 Å². The van der Waals surface area contributed by atoms with Gasteiger partial charge in [0, 0.05) is 4.88 Å². The molecule has 8 heteroatoms. The highest BCUT2D eigenvalue weighted by Gasteiger charge is 2.22. The zero-order valence-electron chi connectivity index (χ0n) is 11.0. The Labute approximate surface area is 133 Å². The van der Waals surface area contributed by atoms with E-state index < -0.39 is 29.6 Å². The molecule has 0 aliphatic carbocycles. The molecule has 2 rings (SSSR count). The van der Waals surface area contributed by atoms with Crippen molar-refractivity contribution >= 4 is 34.8 Å². The summed E-state index contributed by atoms with van der Waals surface area (Å²) in [6, 6.07) is 3.98. The van der Waals surface area contributed by atoms with Gasteiger partial charge in [0.1, 0.15) is 0 Å². The molecule has 116 valence electrons. The van der Waals surface area contributed by atoms with E-state index in [1.807, 2.05) is 0 Å². The number of carbonyl (C=O) groups is 2. The van der Waals surface area contributed by atoms with E-state index in [-0.39, 0.29) is 17.0 Å². The van der Waals surface area contributed by atoms with E-state index in [1.165, 1.54) is 11.3 Å². The van der Waals surface area contributed by atoms with Crippen molar-refractivity contribution in [2.75, 3.05) is 0 Å². The molecule has 2 aromatic rings. The molecule has 1 aromatic heterocycles. The largest absolute Gasteiger partial charge is 0.481 e. The third-order valence-corrected chi connectivity index (χ3v) is 4.12. The maximum Gasteiger partial charge on any atom is 0.305 e. The standard InChI is InChI=1S/C14H10ClF2NO3S/c15-8-5-10(17)9(16)4-7(8)14(21)18-11(6-13(19)20)12-2-1-3-22-12/h1-5,11H,6H2,(H,18,21)(H,19,20). The zero-order valence-corrected chi connectivity index (χ0v) is 12.5. The second-order valence-corrected chi connectivity index (χ2v) is 5.77. The predicted octanol–water partition coefficient (Wildman–Crippen LogP) is 3.63. The first-order valence-corrected chi connectivity index (χ1v) is 7.35. The second-order valence-electron chi connectivity index (χ2n) is 4.39. The van der Waals surface area contributed by atoms with Crippen LogP contribution in [0.1, 0.15) is 27.7 Å². The number of hydrogen-bond donors (Lipinski definition) is 2. The molecule has 1 aromatic carbocycles. The summed E-state index contributed by atoms with van der Waals surface area (Å²) < 4.78 is 26.2. The number of carboxylic acid groups (broad SMARTS) is 1. The molecule has 1 unspecified atom stereocenters. The second kappa shape index (κ2) is 6.85. The van der Waals surface area contributed by atoms with Gasteiger partial charge >= 0.3 is 5.97 Å². The number of halogens is 3. The maximum absolute atomic E-state index is 13.2. The SMILES string of the molecule is O=C(O)CC(NC(=O)c1cc(F)c(F)cc1Cl)c1cccs1. The molecule has 0 saturated heterocycles. The lowest BCUT2D eigenvalue weighted by Crippen LogP contribution is -2.30. The van der Waals surface area contributed by atoms with Gasteiger partial charge in [-0.1, -0.05) is 17.7 Å². The molecule has 1 atom stereocenters.